The van der Waals surface area contributed by atoms with Crippen LogP contribution < -0.4 is 5.32 Å². The number of benzene rings is 2. The summed E-state index contributed by atoms with van der Waals surface area (Å²) in [7, 11) is 0. The number of imidazole rings is 1. The van der Waals surface area contributed by atoms with E-state index in [1.54, 1.807) is 6.20 Å². The second kappa shape index (κ2) is 12.1. The van der Waals surface area contributed by atoms with Crippen LogP contribution in [0.1, 0.15) is 83.3 Å². The summed E-state index contributed by atoms with van der Waals surface area (Å²) in [6, 6.07) is 17.1. The number of carbonyl (C=O) groups is 2. The highest BCUT2D eigenvalue weighted by atomic mass is 16.5. The van der Waals surface area contributed by atoms with Gasteiger partial charge in [0, 0.05) is 25.4 Å². The van der Waals surface area contributed by atoms with Crippen molar-refractivity contribution < 1.29 is 14.3 Å². The molecule has 0 unspecified atom stereocenters. The van der Waals surface area contributed by atoms with Crippen LogP contribution >= 0.6 is 0 Å². The molecule has 1 fully saturated rings. The molecule has 0 radical (unpaired) electrons. The lowest BCUT2D eigenvalue weighted by Crippen LogP contribution is -2.24. The first-order chi connectivity index (χ1) is 19.3. The minimum atomic E-state index is -0.175. The highest BCUT2D eigenvalue weighted by molar-refractivity contribution is 5.93. The SMILES string of the molecule is CCOC(=O)CC1CCC(c2ccc(-c3ccc4nc(C(=O)NCc5c(C)cc(C)cc5C)cn4c3)cc2)CC1. The van der Waals surface area contributed by atoms with Crippen molar-refractivity contribution in [2.45, 2.75) is 72.3 Å². The first-order valence-corrected chi connectivity index (χ1v) is 14.4. The number of rotatable bonds is 8. The van der Waals surface area contributed by atoms with Crippen LogP contribution in [0, 0.1) is 26.7 Å². The van der Waals surface area contributed by atoms with Crippen LogP contribution in [0.25, 0.3) is 16.8 Å². The minimum absolute atomic E-state index is 0.0645. The van der Waals surface area contributed by atoms with E-state index in [-0.39, 0.29) is 11.9 Å². The molecule has 40 heavy (non-hydrogen) atoms. The Morgan fingerprint density at radius 1 is 0.925 bits per heavy atom. The average molecular weight is 538 g/mol. The lowest BCUT2D eigenvalue weighted by molar-refractivity contribution is -0.144. The Hall–Kier alpha value is -3.93. The van der Waals surface area contributed by atoms with Crippen LogP contribution in [0.3, 0.4) is 0 Å². The molecule has 6 heteroatoms. The summed E-state index contributed by atoms with van der Waals surface area (Å²) in [5, 5.41) is 3.04. The Morgan fingerprint density at radius 2 is 1.60 bits per heavy atom. The van der Waals surface area contributed by atoms with Gasteiger partial charge in [-0.25, -0.2) is 4.98 Å². The smallest absolute Gasteiger partial charge is 0.306 e. The lowest BCUT2D eigenvalue weighted by Gasteiger charge is -2.28. The van der Waals surface area contributed by atoms with E-state index in [2.05, 4.69) is 73.5 Å². The Morgan fingerprint density at radius 3 is 2.27 bits per heavy atom. The molecule has 1 aliphatic carbocycles. The quantitative estimate of drug-likeness (QED) is 0.244. The number of nitrogens with zero attached hydrogens (tertiary/aromatic N) is 2. The molecule has 2 aromatic heterocycles. The summed E-state index contributed by atoms with van der Waals surface area (Å²) < 4.78 is 7.05. The van der Waals surface area contributed by atoms with Crippen molar-refractivity contribution in [2.75, 3.05) is 6.61 Å². The predicted octanol–water partition coefficient (Wildman–Crippen LogP) is 7.08. The number of amides is 1. The molecule has 1 amide bonds. The summed E-state index contributed by atoms with van der Waals surface area (Å²) in [5.74, 6) is 0.743. The van der Waals surface area contributed by atoms with Crippen molar-refractivity contribution in [3.8, 4) is 11.1 Å². The van der Waals surface area contributed by atoms with E-state index in [0.29, 0.717) is 37.1 Å². The van der Waals surface area contributed by atoms with E-state index in [9.17, 15) is 9.59 Å². The highest BCUT2D eigenvalue weighted by Gasteiger charge is 2.24. The molecule has 1 saturated carbocycles. The minimum Gasteiger partial charge on any atom is -0.466 e. The fraction of sp³-hybridized carbons (Fsp3) is 0.382. The highest BCUT2D eigenvalue weighted by Crippen LogP contribution is 2.37. The number of nitrogens with one attached hydrogen (secondary N) is 1. The van der Waals surface area contributed by atoms with E-state index in [1.165, 1.54) is 22.3 Å². The van der Waals surface area contributed by atoms with Gasteiger partial charge in [0.1, 0.15) is 11.3 Å². The number of ether oxygens (including phenoxy) is 1. The van der Waals surface area contributed by atoms with Crippen LogP contribution in [-0.2, 0) is 16.1 Å². The number of carbonyl (C=O) groups excluding carboxylic acids is 2. The molecular formula is C34H39N3O3. The number of fused-ring (bicyclic) bond motifs is 1. The van der Waals surface area contributed by atoms with Crippen molar-refractivity contribution in [3.05, 3.63) is 94.4 Å². The molecule has 4 aromatic rings. The van der Waals surface area contributed by atoms with Crippen LogP contribution in [-0.4, -0.2) is 27.9 Å². The van der Waals surface area contributed by atoms with Crippen molar-refractivity contribution in [1.29, 1.82) is 0 Å². The van der Waals surface area contributed by atoms with E-state index in [4.69, 9.17) is 4.74 Å². The van der Waals surface area contributed by atoms with Crippen molar-refractivity contribution in [2.24, 2.45) is 5.92 Å². The van der Waals surface area contributed by atoms with Gasteiger partial charge in [-0.1, -0.05) is 42.0 Å². The summed E-state index contributed by atoms with van der Waals surface area (Å²) >= 11 is 0. The number of hydrogen-bond donors (Lipinski definition) is 1. The summed E-state index contributed by atoms with van der Waals surface area (Å²) in [6.45, 7) is 9.05. The molecule has 0 aliphatic heterocycles. The first kappa shape index (κ1) is 27.6. The topological polar surface area (TPSA) is 72.7 Å². The molecule has 2 aromatic carbocycles. The van der Waals surface area contributed by atoms with E-state index in [0.717, 1.165) is 48.0 Å². The maximum Gasteiger partial charge on any atom is 0.306 e. The number of esters is 1. The molecule has 0 saturated heterocycles. The fourth-order valence-electron chi connectivity index (χ4n) is 6.12. The summed E-state index contributed by atoms with van der Waals surface area (Å²) in [5.41, 5.74) is 9.47. The van der Waals surface area contributed by atoms with Gasteiger partial charge in [0.05, 0.1) is 6.61 Å². The maximum absolute atomic E-state index is 12.9. The van der Waals surface area contributed by atoms with Gasteiger partial charge in [-0.3, -0.25) is 9.59 Å². The van der Waals surface area contributed by atoms with Gasteiger partial charge in [-0.15, -0.1) is 0 Å². The number of aryl methyl sites for hydroxylation is 3. The van der Waals surface area contributed by atoms with Gasteiger partial charge in [0.15, 0.2) is 0 Å². The monoisotopic (exact) mass is 537 g/mol. The third-order valence-electron chi connectivity index (χ3n) is 8.27. The number of aromatic nitrogens is 2. The van der Waals surface area contributed by atoms with Gasteiger partial charge in [-0.2, -0.15) is 0 Å². The van der Waals surface area contributed by atoms with Gasteiger partial charge in [-0.05, 0) is 111 Å². The van der Waals surface area contributed by atoms with Crippen LogP contribution in [0.15, 0.2) is 60.9 Å². The van der Waals surface area contributed by atoms with Gasteiger partial charge in [0.25, 0.3) is 5.91 Å². The van der Waals surface area contributed by atoms with Crippen molar-refractivity contribution in [3.63, 3.8) is 0 Å². The van der Waals surface area contributed by atoms with Crippen LogP contribution in [0.2, 0.25) is 0 Å². The van der Waals surface area contributed by atoms with Gasteiger partial charge >= 0.3 is 5.97 Å². The second-order valence-corrected chi connectivity index (χ2v) is 11.2. The molecule has 6 nitrogen and oxygen atoms in total. The average Bonchev–Trinajstić information content (AvgIpc) is 3.37. The Kier molecular flexibility index (Phi) is 8.34. The molecule has 1 N–H and O–H groups in total. The summed E-state index contributed by atoms with van der Waals surface area (Å²) in [4.78, 5) is 29.3. The standard InChI is InChI=1S/C34H39N3O3/c1-5-40-33(38)18-25-6-8-26(9-7-25)27-10-12-28(13-11-27)29-14-15-32-36-31(21-37(32)20-29)34(39)35-19-30-23(3)16-22(2)17-24(30)4/h10-17,20-21,25-26H,5-9,18-19H2,1-4H3,(H,35,39). The molecule has 208 valence electrons. The number of pyridine rings is 1. The summed E-state index contributed by atoms with van der Waals surface area (Å²) in [6.07, 6.45) is 8.74. The molecule has 2 heterocycles. The van der Waals surface area contributed by atoms with Gasteiger partial charge < -0.3 is 14.5 Å². The van der Waals surface area contributed by atoms with Crippen molar-refractivity contribution >= 4 is 17.5 Å². The molecule has 5 rings (SSSR count). The Bertz CT molecular complexity index is 1490. The normalized spacial score (nSPS) is 17.1. The maximum atomic E-state index is 12.9. The zero-order valence-corrected chi connectivity index (χ0v) is 24.0. The largest absolute Gasteiger partial charge is 0.466 e. The van der Waals surface area contributed by atoms with Crippen LogP contribution in [0.5, 0.6) is 0 Å². The molecule has 0 spiro atoms. The van der Waals surface area contributed by atoms with Gasteiger partial charge in [0.2, 0.25) is 0 Å². The van der Waals surface area contributed by atoms with Crippen LogP contribution in [0.4, 0.5) is 0 Å². The zero-order valence-electron chi connectivity index (χ0n) is 24.0. The Labute approximate surface area is 236 Å². The molecule has 1 aliphatic rings. The zero-order chi connectivity index (χ0) is 28.2. The molecular weight excluding hydrogens is 498 g/mol. The lowest BCUT2D eigenvalue weighted by atomic mass is 9.77. The fourth-order valence-corrected chi connectivity index (χ4v) is 6.12. The molecule has 0 atom stereocenters. The van der Waals surface area contributed by atoms with E-state index < -0.39 is 0 Å². The number of hydrogen-bond acceptors (Lipinski definition) is 4. The van der Waals surface area contributed by atoms with Crippen molar-refractivity contribution in [1.82, 2.24) is 14.7 Å². The van der Waals surface area contributed by atoms with E-state index in [1.807, 2.05) is 23.6 Å². The second-order valence-electron chi connectivity index (χ2n) is 11.2. The van der Waals surface area contributed by atoms with E-state index >= 15 is 0 Å². The third kappa shape index (κ3) is 6.27. The predicted molar refractivity (Wildman–Crippen MR) is 158 cm³/mol. The first-order valence-electron chi connectivity index (χ1n) is 14.4. The third-order valence-corrected chi connectivity index (χ3v) is 8.27. The molecule has 0 bridgehead atoms. The Balaban J connectivity index is 1.22.